The molecule has 28 heavy (non-hydrogen) atoms. The molecule has 0 saturated heterocycles. The molecule has 0 radical (unpaired) electrons. The first kappa shape index (κ1) is 20.1. The Morgan fingerprint density at radius 2 is 1.68 bits per heavy atom. The summed E-state index contributed by atoms with van der Waals surface area (Å²) in [6, 6.07) is 18.1. The van der Waals surface area contributed by atoms with Gasteiger partial charge in [0, 0.05) is 23.6 Å². The summed E-state index contributed by atoms with van der Waals surface area (Å²) in [6.07, 6.45) is 3.41. The van der Waals surface area contributed by atoms with Crippen molar-refractivity contribution in [2.24, 2.45) is 0 Å². The van der Waals surface area contributed by atoms with Crippen molar-refractivity contribution in [3.63, 3.8) is 0 Å². The van der Waals surface area contributed by atoms with Gasteiger partial charge in [0.1, 0.15) is 6.10 Å². The predicted molar refractivity (Wildman–Crippen MR) is 110 cm³/mol. The number of nitrogens with one attached hydrogen (secondary N) is 2. The van der Waals surface area contributed by atoms with Gasteiger partial charge in [0.25, 0.3) is 0 Å². The molecule has 1 fully saturated rings. The van der Waals surface area contributed by atoms with Gasteiger partial charge in [0.2, 0.25) is 10.0 Å². The van der Waals surface area contributed by atoms with Gasteiger partial charge in [-0.05, 0) is 43.0 Å². The number of rotatable bonds is 6. The fourth-order valence-electron chi connectivity index (χ4n) is 3.18. The Bertz CT molecular complexity index is 899. The molecule has 7 heteroatoms. The number of anilines is 1. The Kier molecular flexibility index (Phi) is 6.84. The highest BCUT2D eigenvalue weighted by molar-refractivity contribution is 7.92. The zero-order chi connectivity index (χ0) is 19.8. The first-order valence-corrected chi connectivity index (χ1v) is 10.8. The van der Waals surface area contributed by atoms with E-state index in [1.54, 1.807) is 18.2 Å². The minimum atomic E-state index is -3.57. The molecule has 1 amide bonds. The summed E-state index contributed by atoms with van der Waals surface area (Å²) in [7, 11) is -3.57. The SMILES string of the molecule is O=C(Nc1ccccc1)O[C@H]1CCC[C@@H](NS(=O)(=O)/C=C/c2ccccc2)C1. The van der Waals surface area contributed by atoms with Crippen molar-refractivity contribution in [2.75, 3.05) is 5.32 Å². The number of carbonyl (C=O) groups is 1. The van der Waals surface area contributed by atoms with E-state index < -0.39 is 16.1 Å². The van der Waals surface area contributed by atoms with Crippen LogP contribution >= 0.6 is 0 Å². The van der Waals surface area contributed by atoms with Crippen LogP contribution in [0.1, 0.15) is 31.2 Å². The van der Waals surface area contributed by atoms with E-state index in [0.29, 0.717) is 12.1 Å². The second-order valence-corrected chi connectivity index (χ2v) is 8.36. The molecule has 1 aliphatic rings. The molecular formula is C21H24N2O4S. The van der Waals surface area contributed by atoms with Gasteiger partial charge in [-0.2, -0.15) is 0 Å². The molecule has 3 rings (SSSR count). The molecule has 2 atom stereocenters. The lowest BCUT2D eigenvalue weighted by molar-refractivity contribution is 0.0793. The van der Waals surface area contributed by atoms with E-state index in [1.165, 1.54) is 5.41 Å². The molecule has 1 aliphatic carbocycles. The Labute approximate surface area is 165 Å². The number of hydrogen-bond donors (Lipinski definition) is 2. The van der Waals surface area contributed by atoms with Crippen molar-refractivity contribution in [1.29, 1.82) is 0 Å². The standard InChI is InChI=1S/C21H24N2O4S/c24-21(22-18-10-5-2-6-11-18)27-20-13-7-12-19(16-20)23-28(25,26)15-14-17-8-3-1-4-9-17/h1-6,8-11,14-15,19-20,23H,7,12-13,16H2,(H,22,24)/b15-14+/t19-,20+/m1/s1. The third kappa shape index (κ3) is 6.51. The maximum Gasteiger partial charge on any atom is 0.411 e. The van der Waals surface area contributed by atoms with Crippen LogP contribution in [0.2, 0.25) is 0 Å². The van der Waals surface area contributed by atoms with Crippen molar-refractivity contribution >= 4 is 27.9 Å². The minimum absolute atomic E-state index is 0.256. The van der Waals surface area contributed by atoms with Crippen LogP contribution in [-0.4, -0.2) is 26.7 Å². The lowest BCUT2D eigenvalue weighted by Crippen LogP contribution is -2.40. The van der Waals surface area contributed by atoms with E-state index in [2.05, 4.69) is 10.0 Å². The predicted octanol–water partition coefficient (Wildman–Crippen LogP) is 4.14. The first-order chi connectivity index (χ1) is 13.5. The highest BCUT2D eigenvalue weighted by Crippen LogP contribution is 2.22. The Morgan fingerprint density at radius 1 is 1.00 bits per heavy atom. The highest BCUT2D eigenvalue weighted by atomic mass is 32.2. The molecular weight excluding hydrogens is 376 g/mol. The number of hydrogen-bond acceptors (Lipinski definition) is 4. The molecule has 2 N–H and O–H groups in total. The Hall–Kier alpha value is -2.64. The number of para-hydroxylation sites is 1. The summed E-state index contributed by atoms with van der Waals surface area (Å²) in [5, 5.41) is 3.86. The van der Waals surface area contributed by atoms with Crippen LogP contribution in [0.5, 0.6) is 0 Å². The van der Waals surface area contributed by atoms with Gasteiger partial charge in [0.05, 0.1) is 0 Å². The molecule has 0 aliphatic heterocycles. The second kappa shape index (κ2) is 9.52. The van der Waals surface area contributed by atoms with Crippen molar-refractivity contribution in [3.8, 4) is 0 Å². The monoisotopic (exact) mass is 400 g/mol. The van der Waals surface area contributed by atoms with Gasteiger partial charge < -0.3 is 4.74 Å². The topological polar surface area (TPSA) is 84.5 Å². The summed E-state index contributed by atoms with van der Waals surface area (Å²) in [6.45, 7) is 0. The minimum Gasteiger partial charge on any atom is -0.446 e. The van der Waals surface area contributed by atoms with Crippen molar-refractivity contribution in [1.82, 2.24) is 4.72 Å². The quantitative estimate of drug-likeness (QED) is 0.763. The number of carbonyl (C=O) groups excluding carboxylic acids is 1. The lowest BCUT2D eigenvalue weighted by Gasteiger charge is -2.29. The average Bonchev–Trinajstić information content (AvgIpc) is 2.68. The van der Waals surface area contributed by atoms with E-state index in [9.17, 15) is 13.2 Å². The summed E-state index contributed by atoms with van der Waals surface area (Å²) >= 11 is 0. The fourth-order valence-corrected chi connectivity index (χ4v) is 4.28. The molecule has 0 heterocycles. The largest absolute Gasteiger partial charge is 0.446 e. The number of amides is 1. The summed E-state index contributed by atoms with van der Waals surface area (Å²) in [5.74, 6) is 0. The Balaban J connectivity index is 1.51. The molecule has 148 valence electrons. The van der Waals surface area contributed by atoms with Crippen molar-refractivity contribution < 1.29 is 17.9 Å². The van der Waals surface area contributed by atoms with E-state index in [4.69, 9.17) is 4.74 Å². The number of ether oxygens (including phenoxy) is 1. The van der Waals surface area contributed by atoms with Gasteiger partial charge >= 0.3 is 6.09 Å². The van der Waals surface area contributed by atoms with Gasteiger partial charge in [-0.15, -0.1) is 0 Å². The van der Waals surface area contributed by atoms with Crippen molar-refractivity contribution in [2.45, 2.75) is 37.8 Å². The molecule has 0 aromatic heterocycles. The van der Waals surface area contributed by atoms with Crippen LogP contribution < -0.4 is 10.0 Å². The van der Waals surface area contributed by atoms with Crippen LogP contribution in [0, 0.1) is 0 Å². The van der Waals surface area contributed by atoms with Crippen LogP contribution in [0.4, 0.5) is 10.5 Å². The van der Waals surface area contributed by atoms with Crippen molar-refractivity contribution in [3.05, 3.63) is 71.6 Å². The average molecular weight is 401 g/mol. The van der Waals surface area contributed by atoms with E-state index in [-0.39, 0.29) is 12.1 Å². The van der Waals surface area contributed by atoms with Crippen LogP contribution in [0.15, 0.2) is 66.1 Å². The van der Waals surface area contributed by atoms with Crippen LogP contribution in [0.3, 0.4) is 0 Å². The zero-order valence-electron chi connectivity index (χ0n) is 15.5. The first-order valence-electron chi connectivity index (χ1n) is 9.28. The third-order valence-corrected chi connectivity index (χ3v) is 5.65. The zero-order valence-corrected chi connectivity index (χ0v) is 16.3. The molecule has 2 aromatic rings. The third-order valence-electron chi connectivity index (χ3n) is 4.49. The summed E-state index contributed by atoms with van der Waals surface area (Å²) in [5.41, 5.74) is 1.47. The lowest BCUT2D eigenvalue weighted by atomic mass is 9.94. The Morgan fingerprint density at radius 3 is 2.39 bits per heavy atom. The molecule has 6 nitrogen and oxygen atoms in total. The maximum atomic E-state index is 12.3. The molecule has 2 aromatic carbocycles. The summed E-state index contributed by atoms with van der Waals surface area (Å²) < 4.78 is 32.8. The molecule has 0 spiro atoms. The van der Waals surface area contributed by atoms with E-state index >= 15 is 0 Å². The molecule has 0 bridgehead atoms. The van der Waals surface area contributed by atoms with E-state index in [1.807, 2.05) is 48.5 Å². The van der Waals surface area contributed by atoms with Gasteiger partial charge in [0.15, 0.2) is 0 Å². The van der Waals surface area contributed by atoms with Gasteiger partial charge in [-0.25, -0.2) is 17.9 Å². The van der Waals surface area contributed by atoms with Gasteiger partial charge in [-0.3, -0.25) is 5.32 Å². The molecule has 0 unspecified atom stereocenters. The van der Waals surface area contributed by atoms with Crippen LogP contribution in [-0.2, 0) is 14.8 Å². The number of benzene rings is 2. The van der Waals surface area contributed by atoms with E-state index in [0.717, 1.165) is 24.8 Å². The maximum absolute atomic E-state index is 12.3. The smallest absolute Gasteiger partial charge is 0.411 e. The fraction of sp³-hybridized carbons (Fsp3) is 0.286. The number of sulfonamides is 1. The highest BCUT2D eigenvalue weighted by Gasteiger charge is 2.27. The van der Waals surface area contributed by atoms with Gasteiger partial charge in [-0.1, -0.05) is 48.5 Å². The normalized spacial score (nSPS) is 20.0. The second-order valence-electron chi connectivity index (χ2n) is 6.76. The van der Waals surface area contributed by atoms with Crippen LogP contribution in [0.25, 0.3) is 6.08 Å². The summed E-state index contributed by atoms with van der Waals surface area (Å²) in [4.78, 5) is 12.0. The molecule has 1 saturated carbocycles.